The molecule has 3 unspecified atom stereocenters. The van der Waals surface area contributed by atoms with Crippen molar-refractivity contribution in [3.8, 4) is 0 Å². The molecule has 0 aromatic heterocycles. The molecule has 0 heterocycles. The van der Waals surface area contributed by atoms with Crippen LogP contribution >= 0.6 is 7.82 Å². The van der Waals surface area contributed by atoms with Gasteiger partial charge in [0, 0.05) is 12.8 Å². The number of phosphoric acid groups is 1. The van der Waals surface area contributed by atoms with Gasteiger partial charge in [-0.15, -0.1) is 0 Å². The minimum Gasteiger partial charge on any atom is -0.480 e. The Morgan fingerprint density at radius 3 is 1.52 bits per heavy atom. The zero-order valence-electron chi connectivity index (χ0n) is 34.2. The molecule has 12 heteroatoms. The zero-order chi connectivity index (χ0) is 41.4. The van der Waals surface area contributed by atoms with Crippen LogP contribution in [0.5, 0.6) is 0 Å². The molecule has 0 aliphatic heterocycles. The van der Waals surface area contributed by atoms with E-state index in [1.165, 1.54) is 0 Å². The second kappa shape index (κ2) is 38.5. The number of phosphoric ester groups is 1. The van der Waals surface area contributed by atoms with E-state index >= 15 is 0 Å². The van der Waals surface area contributed by atoms with Gasteiger partial charge in [-0.05, 0) is 83.5 Å². The topological polar surface area (TPSA) is 172 Å². The molecule has 0 fully saturated rings. The maximum atomic E-state index is 12.6. The van der Waals surface area contributed by atoms with E-state index in [0.29, 0.717) is 12.8 Å². The average Bonchev–Trinajstić information content (AvgIpc) is 3.17. The summed E-state index contributed by atoms with van der Waals surface area (Å²) in [5.74, 6) is -2.45. The van der Waals surface area contributed by atoms with E-state index < -0.39 is 51.1 Å². The van der Waals surface area contributed by atoms with Crippen molar-refractivity contribution in [2.45, 2.75) is 154 Å². The van der Waals surface area contributed by atoms with E-state index in [1.807, 2.05) is 0 Å². The fourth-order valence-electron chi connectivity index (χ4n) is 4.89. The Morgan fingerprint density at radius 2 is 1.00 bits per heavy atom. The van der Waals surface area contributed by atoms with Gasteiger partial charge >= 0.3 is 25.7 Å². The molecule has 0 amide bonds. The predicted molar refractivity (Wildman–Crippen MR) is 226 cm³/mol. The summed E-state index contributed by atoms with van der Waals surface area (Å²) in [5, 5.41) is 8.88. The van der Waals surface area contributed by atoms with Crippen molar-refractivity contribution in [3.63, 3.8) is 0 Å². The van der Waals surface area contributed by atoms with Gasteiger partial charge in [-0.2, -0.15) is 0 Å². The molecule has 0 bridgehead atoms. The van der Waals surface area contributed by atoms with Gasteiger partial charge in [0.05, 0.1) is 13.2 Å². The van der Waals surface area contributed by atoms with Crippen LogP contribution in [0.25, 0.3) is 0 Å². The van der Waals surface area contributed by atoms with Crippen molar-refractivity contribution in [2.75, 3.05) is 19.8 Å². The monoisotopic (exact) mass is 805 g/mol. The average molecular weight is 806 g/mol. The highest BCUT2D eigenvalue weighted by Gasteiger charge is 2.28. The molecule has 0 saturated heterocycles. The third-order valence-corrected chi connectivity index (χ3v) is 9.06. The van der Waals surface area contributed by atoms with Crippen molar-refractivity contribution in [1.29, 1.82) is 0 Å². The number of ether oxygens (including phenoxy) is 2. The molecule has 0 aromatic rings. The Hall–Kier alpha value is -3.34. The summed E-state index contributed by atoms with van der Waals surface area (Å²) < 4.78 is 32.6. The second-order valence-electron chi connectivity index (χ2n) is 13.4. The van der Waals surface area contributed by atoms with Crippen molar-refractivity contribution >= 4 is 25.7 Å². The summed E-state index contributed by atoms with van der Waals surface area (Å²) in [4.78, 5) is 45.9. The first-order chi connectivity index (χ1) is 27.1. The molecule has 56 heavy (non-hydrogen) atoms. The number of carbonyl (C=O) groups excluding carboxylic acids is 2. The van der Waals surface area contributed by atoms with Crippen LogP contribution in [0.3, 0.4) is 0 Å². The number of nitrogens with two attached hydrogens (primary N) is 1. The van der Waals surface area contributed by atoms with Crippen LogP contribution < -0.4 is 5.73 Å². The maximum Gasteiger partial charge on any atom is 0.472 e. The van der Waals surface area contributed by atoms with Gasteiger partial charge in [-0.1, -0.05) is 131 Å². The second-order valence-corrected chi connectivity index (χ2v) is 14.8. The van der Waals surface area contributed by atoms with Crippen molar-refractivity contribution < 1.29 is 47.5 Å². The first-order valence-corrected chi connectivity index (χ1v) is 22.1. The molecule has 0 aromatic carbocycles. The number of carboxylic acids is 1. The zero-order valence-corrected chi connectivity index (χ0v) is 35.1. The summed E-state index contributed by atoms with van der Waals surface area (Å²) in [6.07, 6.45) is 46.5. The van der Waals surface area contributed by atoms with Crippen LogP contribution in [0.4, 0.5) is 0 Å². The molecule has 4 N–H and O–H groups in total. The van der Waals surface area contributed by atoms with E-state index in [0.717, 1.165) is 103 Å². The molecule has 11 nitrogen and oxygen atoms in total. The number of allylic oxidation sites excluding steroid dienone is 14. The number of rotatable bonds is 37. The fraction of sp³-hybridized carbons (Fsp3) is 0.614. The van der Waals surface area contributed by atoms with E-state index in [1.54, 1.807) is 0 Å². The fourth-order valence-corrected chi connectivity index (χ4v) is 5.67. The number of carbonyl (C=O) groups is 3. The van der Waals surface area contributed by atoms with Gasteiger partial charge in [-0.3, -0.25) is 23.4 Å². The summed E-state index contributed by atoms with van der Waals surface area (Å²) in [7, 11) is -4.73. The Balaban J connectivity index is 4.50. The minimum atomic E-state index is -4.73. The largest absolute Gasteiger partial charge is 0.480 e. The first-order valence-electron chi connectivity index (χ1n) is 20.6. The van der Waals surface area contributed by atoms with E-state index in [-0.39, 0.29) is 19.4 Å². The number of esters is 2. The van der Waals surface area contributed by atoms with Gasteiger partial charge in [-0.25, -0.2) is 4.57 Å². The maximum absolute atomic E-state index is 12.6. The van der Waals surface area contributed by atoms with E-state index in [9.17, 15) is 23.8 Å². The summed E-state index contributed by atoms with van der Waals surface area (Å²) in [6.45, 7) is 2.55. The van der Waals surface area contributed by atoms with Crippen LogP contribution in [0.15, 0.2) is 85.1 Å². The van der Waals surface area contributed by atoms with Crippen LogP contribution in [0.2, 0.25) is 0 Å². The van der Waals surface area contributed by atoms with Gasteiger partial charge < -0.3 is 25.2 Å². The van der Waals surface area contributed by atoms with Crippen LogP contribution in [-0.4, -0.2) is 59.9 Å². The van der Waals surface area contributed by atoms with Crippen LogP contribution in [0.1, 0.15) is 142 Å². The third kappa shape index (κ3) is 37.6. The Labute approximate surface area is 337 Å². The number of unbranched alkanes of at least 4 members (excludes halogenated alkanes) is 9. The Bertz CT molecular complexity index is 1270. The SMILES string of the molecule is CC/C=C\C/C=C\C/C=C\C/C=C\C/C=C\CCCCCC(=O)OC(COC(=O)CCCCCCC/C=C\C/C=C\CCC)COP(=O)(O)OCC(N)C(=O)O. The number of aliphatic carboxylic acids is 1. The first kappa shape index (κ1) is 52.7. The van der Waals surface area contributed by atoms with Crippen molar-refractivity contribution in [1.82, 2.24) is 0 Å². The van der Waals surface area contributed by atoms with Crippen molar-refractivity contribution in [2.24, 2.45) is 5.73 Å². The molecule has 0 spiro atoms. The smallest absolute Gasteiger partial charge is 0.472 e. The molecule has 0 aliphatic carbocycles. The molecule has 0 rings (SSSR count). The lowest BCUT2D eigenvalue weighted by molar-refractivity contribution is -0.161. The van der Waals surface area contributed by atoms with Gasteiger partial charge in [0.15, 0.2) is 6.10 Å². The predicted octanol–water partition coefficient (Wildman–Crippen LogP) is 10.7. The van der Waals surface area contributed by atoms with Gasteiger partial charge in [0.2, 0.25) is 0 Å². The summed E-state index contributed by atoms with van der Waals surface area (Å²) >= 11 is 0. The van der Waals surface area contributed by atoms with Crippen molar-refractivity contribution in [3.05, 3.63) is 85.1 Å². The summed E-state index contributed by atoms with van der Waals surface area (Å²) in [6, 6.07) is -1.53. The summed E-state index contributed by atoms with van der Waals surface area (Å²) in [5.41, 5.74) is 5.32. The molecular weight excluding hydrogens is 733 g/mol. The molecule has 3 atom stereocenters. The highest BCUT2D eigenvalue weighted by molar-refractivity contribution is 7.47. The molecule has 0 aliphatic rings. The molecule has 0 saturated carbocycles. The normalized spacial score (nSPS) is 14.6. The standard InChI is InChI=1S/C44H72NO10P/c1-3-5-7-9-11-13-15-17-18-19-20-21-22-24-26-28-30-32-34-36-43(47)55-40(38-53-56(50,51)54-39-41(45)44(48)49)37-52-42(46)35-33-31-29-27-25-23-16-14-12-10-8-6-4-2/h5,7-8,10-11,13-14,16-18,20-21,24,26,40-41H,3-4,6,9,12,15,19,22-23,25,27-39,45H2,1-2H3,(H,48,49)(H,50,51)/b7-5-,10-8-,13-11-,16-14-,18-17-,21-20-,26-24-. The van der Waals surface area contributed by atoms with Gasteiger partial charge in [0.25, 0.3) is 0 Å². The quantitative estimate of drug-likeness (QED) is 0.0236. The molecule has 0 radical (unpaired) electrons. The molecular formula is C44H72NO10P. The van der Waals surface area contributed by atoms with E-state index in [2.05, 4.69) is 103 Å². The van der Waals surface area contributed by atoms with Crippen LogP contribution in [0, 0.1) is 0 Å². The molecule has 318 valence electrons. The Kier molecular flexibility index (Phi) is 36.2. The highest BCUT2D eigenvalue weighted by atomic mass is 31.2. The minimum absolute atomic E-state index is 0.114. The number of carboxylic acid groups (broad SMARTS) is 1. The van der Waals surface area contributed by atoms with Gasteiger partial charge in [0.1, 0.15) is 12.6 Å². The third-order valence-electron chi connectivity index (χ3n) is 8.11. The van der Waals surface area contributed by atoms with Crippen LogP contribution in [-0.2, 0) is 37.5 Å². The Morgan fingerprint density at radius 1 is 0.571 bits per heavy atom. The lowest BCUT2D eigenvalue weighted by atomic mass is 10.1. The lowest BCUT2D eigenvalue weighted by Gasteiger charge is -2.20. The lowest BCUT2D eigenvalue weighted by Crippen LogP contribution is -2.34. The highest BCUT2D eigenvalue weighted by Crippen LogP contribution is 2.43. The number of hydrogen-bond acceptors (Lipinski definition) is 9. The number of hydrogen-bond donors (Lipinski definition) is 3. The van der Waals surface area contributed by atoms with E-state index in [4.69, 9.17) is 24.8 Å².